The molecule has 4 heteroatoms. The molecule has 3 nitrogen and oxygen atoms in total. The maximum Gasteiger partial charge on any atom is 1.00 e. The van der Waals surface area contributed by atoms with Crippen LogP contribution in [-0.2, 0) is 0 Å². The van der Waals surface area contributed by atoms with E-state index in [-0.39, 0.29) is 31.0 Å². The molecule has 0 spiro atoms. The third-order valence-corrected chi connectivity index (χ3v) is 0. The van der Waals surface area contributed by atoms with Gasteiger partial charge in [-0.05, 0) is 10.4 Å². The van der Waals surface area contributed by atoms with Crippen molar-refractivity contribution in [3.05, 3.63) is 10.4 Å². The van der Waals surface area contributed by atoms with Crippen LogP contribution in [0.2, 0.25) is 0 Å². The van der Waals surface area contributed by atoms with Crippen LogP contribution < -0.4 is 29.6 Å². The smallest absolute Gasteiger partial charge is 1.00 e. The molecule has 0 heterocycles. The molecule has 0 saturated carbocycles. The quantitative estimate of drug-likeness (QED) is 0.147. The van der Waals surface area contributed by atoms with Crippen molar-refractivity contribution < 1.29 is 31.0 Å². The van der Waals surface area contributed by atoms with Crippen molar-refractivity contribution in [1.82, 2.24) is 0 Å². The fourth-order valence-corrected chi connectivity index (χ4v) is 0. The molecular formula is H2N3Na. The van der Waals surface area contributed by atoms with Crippen molar-refractivity contribution in [2.24, 2.45) is 0 Å². The van der Waals surface area contributed by atoms with Crippen LogP contribution in [0.1, 0.15) is 1.43 Å². The Kier molecular flexibility index (Phi) is 22.8. The van der Waals surface area contributed by atoms with Gasteiger partial charge in [0.05, 0.1) is 0 Å². The van der Waals surface area contributed by atoms with Gasteiger partial charge in [-0.2, -0.15) is 0 Å². The molecule has 0 amide bonds. The van der Waals surface area contributed by atoms with Crippen molar-refractivity contribution in [3.8, 4) is 0 Å². The van der Waals surface area contributed by atoms with Gasteiger partial charge in [0.15, 0.2) is 0 Å². The number of nitrogens with zero attached hydrogens (tertiary/aromatic N) is 2. The minimum absolute atomic E-state index is 0. The topological polar surface area (TPSA) is 60.3 Å². The zero-order valence-corrected chi connectivity index (χ0v) is 4.39. The van der Waals surface area contributed by atoms with Gasteiger partial charge in [-0.1, -0.05) is 0 Å². The van der Waals surface area contributed by atoms with Crippen LogP contribution in [0, 0.1) is 5.53 Å². The van der Waals surface area contributed by atoms with Crippen molar-refractivity contribution in [2.75, 3.05) is 0 Å². The Morgan fingerprint density at radius 1 is 2.00 bits per heavy atom. The summed E-state index contributed by atoms with van der Waals surface area (Å²) in [5, 5.41) is 0. The Morgan fingerprint density at radius 2 is 2.00 bits per heavy atom. The van der Waals surface area contributed by atoms with Crippen molar-refractivity contribution >= 4 is 0 Å². The summed E-state index contributed by atoms with van der Waals surface area (Å²) in [5.41, 5.74) is 12.2. The van der Waals surface area contributed by atoms with Crippen LogP contribution in [0.15, 0.2) is 0 Å². The van der Waals surface area contributed by atoms with Crippen LogP contribution in [0.5, 0.6) is 0 Å². The Bertz CT molecular complexity index is 27.9. The van der Waals surface area contributed by atoms with Gasteiger partial charge in [0.2, 0.25) is 0 Å². The minimum atomic E-state index is 0. The number of hydrogen-bond donors (Lipinski definition) is 1. The second kappa shape index (κ2) is 10.3. The molecule has 0 fully saturated rings. The van der Waals surface area contributed by atoms with E-state index in [0.29, 0.717) is 0 Å². The first-order valence-electron chi connectivity index (χ1n) is 0.424. The van der Waals surface area contributed by atoms with Crippen LogP contribution in [0.3, 0.4) is 0 Å². The van der Waals surface area contributed by atoms with Gasteiger partial charge in [0.1, 0.15) is 0 Å². The zero-order valence-electron chi connectivity index (χ0n) is 3.39. The predicted octanol–water partition coefficient (Wildman–Crippen LogP) is -2.01. The van der Waals surface area contributed by atoms with Crippen molar-refractivity contribution in [2.45, 2.75) is 0 Å². The predicted molar refractivity (Wildman–Crippen MR) is 10.5 cm³/mol. The van der Waals surface area contributed by atoms with Crippen molar-refractivity contribution in [3.63, 3.8) is 0 Å². The Balaban J connectivity index is -0.0000000200. The largest absolute Gasteiger partial charge is 1.00 e. The molecule has 0 rings (SSSR count). The molecule has 18 valence electrons. The van der Waals surface area contributed by atoms with Gasteiger partial charge >= 0.3 is 29.6 Å². The maximum atomic E-state index is 6.86. The first kappa shape index (κ1) is 8.85. The van der Waals surface area contributed by atoms with Gasteiger partial charge in [-0.3, -0.25) is 0 Å². The molecule has 0 saturated heterocycles. The molecule has 0 aromatic carbocycles. The first-order valence-corrected chi connectivity index (χ1v) is 0.424. The van der Waals surface area contributed by atoms with Crippen LogP contribution in [-0.4, -0.2) is 0 Å². The SMILES string of the molecule is [H-].[N-]=[N+]=N.[Na+]. The second-order valence-electron chi connectivity index (χ2n) is 0.100. The van der Waals surface area contributed by atoms with Gasteiger partial charge in [-0.15, -0.1) is 5.53 Å². The van der Waals surface area contributed by atoms with Gasteiger partial charge in [0, 0.05) is 0 Å². The zero-order chi connectivity index (χ0) is 2.71. The number of nitrogens with one attached hydrogen (secondary N) is 1. The van der Waals surface area contributed by atoms with E-state index in [1.165, 1.54) is 0 Å². The van der Waals surface area contributed by atoms with E-state index >= 15 is 0 Å². The molecule has 1 N–H and O–H groups in total. The standard InChI is InChI=1S/HN3.Na.H/c1-3-2;;/h1H;;/q;+1;-1. The Labute approximate surface area is 47.2 Å². The fraction of sp³-hybridized carbons (Fsp3) is 0. The van der Waals surface area contributed by atoms with Gasteiger partial charge < -0.3 is 1.43 Å². The number of hydrogen-bond acceptors (Lipinski definition) is 1. The fourth-order valence-electron chi connectivity index (χ4n) is 0. The van der Waals surface area contributed by atoms with Crippen LogP contribution >= 0.6 is 0 Å². The van der Waals surface area contributed by atoms with E-state index in [2.05, 4.69) is 0 Å². The first-order chi connectivity index (χ1) is 1.41. The molecule has 0 atom stereocenters. The summed E-state index contributed by atoms with van der Waals surface area (Å²) in [4.78, 5) is 1.75. The summed E-state index contributed by atoms with van der Waals surface area (Å²) in [6.45, 7) is 0. The Hall–Kier alpha value is 0.310. The van der Waals surface area contributed by atoms with Crippen molar-refractivity contribution in [1.29, 1.82) is 5.53 Å². The summed E-state index contributed by atoms with van der Waals surface area (Å²) in [6, 6.07) is 0. The summed E-state index contributed by atoms with van der Waals surface area (Å²) in [7, 11) is 0. The number of rotatable bonds is 0. The third-order valence-electron chi connectivity index (χ3n) is 0. The monoisotopic (exact) mass is 67.0 g/mol. The summed E-state index contributed by atoms with van der Waals surface area (Å²) < 4.78 is 0. The third kappa shape index (κ3) is 41.3. The molecule has 0 aliphatic heterocycles. The molecule has 0 bridgehead atoms. The van der Waals surface area contributed by atoms with E-state index in [9.17, 15) is 0 Å². The molecule has 0 radical (unpaired) electrons. The van der Waals surface area contributed by atoms with E-state index in [1.54, 1.807) is 4.91 Å². The minimum Gasteiger partial charge on any atom is -1.00 e. The molecule has 0 aliphatic rings. The average molecular weight is 67.0 g/mol. The molecule has 4 heavy (non-hydrogen) atoms. The maximum absolute atomic E-state index is 6.86. The summed E-state index contributed by atoms with van der Waals surface area (Å²) >= 11 is 0. The van der Waals surface area contributed by atoms with E-state index in [0.717, 1.165) is 0 Å². The summed E-state index contributed by atoms with van der Waals surface area (Å²) in [6.07, 6.45) is 0. The molecular weight excluding hydrogens is 65.0 g/mol. The average Bonchev–Trinajstić information content (AvgIpc) is 0.918. The van der Waals surface area contributed by atoms with Crippen LogP contribution in [0.25, 0.3) is 10.4 Å². The molecule has 0 unspecified atom stereocenters. The van der Waals surface area contributed by atoms with Gasteiger partial charge in [0.25, 0.3) is 0 Å². The normalized spacial score (nSPS) is 2.00. The van der Waals surface area contributed by atoms with Crippen LogP contribution in [0.4, 0.5) is 0 Å². The van der Waals surface area contributed by atoms with E-state index in [4.69, 9.17) is 11.1 Å². The molecule has 0 aromatic rings. The van der Waals surface area contributed by atoms with E-state index < -0.39 is 0 Å². The van der Waals surface area contributed by atoms with Gasteiger partial charge in [-0.25, -0.2) is 0 Å². The summed E-state index contributed by atoms with van der Waals surface area (Å²) in [5.74, 6) is 0. The molecule has 0 aliphatic carbocycles. The second-order valence-corrected chi connectivity index (χ2v) is 0.100. The van der Waals surface area contributed by atoms with E-state index in [1.807, 2.05) is 0 Å². The Morgan fingerprint density at radius 3 is 2.00 bits per heavy atom. The molecule has 0 aromatic heterocycles.